The summed E-state index contributed by atoms with van der Waals surface area (Å²) in [5.74, 6) is 0. The normalized spacial score (nSPS) is 10.7. The van der Waals surface area contributed by atoms with Crippen molar-refractivity contribution in [2.45, 2.75) is 26.3 Å². The fourth-order valence-corrected chi connectivity index (χ4v) is 1.83. The maximum Gasteiger partial charge on any atom is 0.115 e. The van der Waals surface area contributed by atoms with Crippen LogP contribution in [-0.4, -0.2) is 9.78 Å². The average molecular weight is 250 g/mol. The molecule has 3 nitrogen and oxygen atoms in total. The van der Waals surface area contributed by atoms with Gasteiger partial charge in [-0.15, -0.1) is 0 Å². The first kappa shape index (κ1) is 12.0. The van der Waals surface area contributed by atoms with E-state index in [-0.39, 0.29) is 0 Å². The van der Waals surface area contributed by atoms with Gasteiger partial charge in [-0.2, -0.15) is 5.10 Å². The second-order valence-electron chi connectivity index (χ2n) is 4.06. The zero-order chi connectivity index (χ0) is 12.3. The zero-order valence-electron chi connectivity index (χ0n) is 9.86. The van der Waals surface area contributed by atoms with Gasteiger partial charge in [0.2, 0.25) is 0 Å². The molecule has 0 aliphatic carbocycles. The highest BCUT2D eigenvalue weighted by atomic mass is 35.5. The van der Waals surface area contributed by atoms with Gasteiger partial charge in [0.1, 0.15) is 5.69 Å². The number of nitrogen functional groups attached to an aromatic ring is 1. The molecule has 2 aromatic rings. The molecule has 0 spiro atoms. The minimum atomic E-state index is 0.712. The minimum Gasteiger partial charge on any atom is -0.396 e. The van der Waals surface area contributed by atoms with Gasteiger partial charge in [-0.1, -0.05) is 37.1 Å². The molecule has 0 amide bonds. The number of unbranched alkanes of at least 4 members (excludes halogenated alkanes) is 1. The number of hydrogen-bond donors (Lipinski definition) is 1. The van der Waals surface area contributed by atoms with Crippen molar-refractivity contribution in [3.05, 3.63) is 35.5 Å². The van der Waals surface area contributed by atoms with Crippen LogP contribution in [0.2, 0.25) is 5.02 Å². The Hall–Kier alpha value is -1.48. The molecule has 17 heavy (non-hydrogen) atoms. The molecule has 0 atom stereocenters. The van der Waals surface area contributed by atoms with E-state index in [1.165, 1.54) is 0 Å². The third kappa shape index (κ3) is 2.80. The van der Waals surface area contributed by atoms with E-state index >= 15 is 0 Å². The van der Waals surface area contributed by atoms with Crippen LogP contribution in [0, 0.1) is 0 Å². The standard InChI is InChI=1S/C13H16ClN3/c1-2-3-8-17-9-12(15)13(16-17)10-4-6-11(14)7-5-10/h4-7,9H,2-3,8,15H2,1H3. The van der Waals surface area contributed by atoms with Crippen molar-refractivity contribution >= 4 is 17.3 Å². The van der Waals surface area contributed by atoms with Gasteiger partial charge in [0.15, 0.2) is 0 Å². The number of hydrogen-bond acceptors (Lipinski definition) is 2. The lowest BCUT2D eigenvalue weighted by molar-refractivity contribution is 0.573. The lowest BCUT2D eigenvalue weighted by Crippen LogP contribution is -1.97. The van der Waals surface area contributed by atoms with Gasteiger partial charge in [-0.3, -0.25) is 4.68 Å². The number of nitrogens with two attached hydrogens (primary N) is 1. The van der Waals surface area contributed by atoms with E-state index in [2.05, 4.69) is 12.0 Å². The lowest BCUT2D eigenvalue weighted by atomic mass is 10.1. The predicted octanol–water partition coefficient (Wildman–Crippen LogP) is 3.59. The van der Waals surface area contributed by atoms with Gasteiger partial charge in [0, 0.05) is 23.3 Å². The number of benzene rings is 1. The second kappa shape index (κ2) is 5.23. The van der Waals surface area contributed by atoms with E-state index in [9.17, 15) is 0 Å². The zero-order valence-corrected chi connectivity index (χ0v) is 10.6. The molecule has 1 aromatic carbocycles. The minimum absolute atomic E-state index is 0.712. The Bertz CT molecular complexity index is 488. The number of aryl methyl sites for hydroxylation is 1. The third-order valence-electron chi connectivity index (χ3n) is 2.65. The SMILES string of the molecule is CCCCn1cc(N)c(-c2ccc(Cl)cc2)n1. The molecule has 0 fully saturated rings. The maximum absolute atomic E-state index is 5.97. The molecule has 4 heteroatoms. The largest absolute Gasteiger partial charge is 0.396 e. The summed E-state index contributed by atoms with van der Waals surface area (Å²) in [4.78, 5) is 0. The second-order valence-corrected chi connectivity index (χ2v) is 4.49. The van der Waals surface area contributed by atoms with Crippen molar-refractivity contribution in [1.29, 1.82) is 0 Å². The van der Waals surface area contributed by atoms with Crippen LogP contribution in [0.15, 0.2) is 30.5 Å². The Morgan fingerprint density at radius 2 is 2.00 bits per heavy atom. The van der Waals surface area contributed by atoms with Crippen LogP contribution in [0.25, 0.3) is 11.3 Å². The summed E-state index contributed by atoms with van der Waals surface area (Å²) in [7, 11) is 0. The fraction of sp³-hybridized carbons (Fsp3) is 0.308. The molecule has 1 heterocycles. The van der Waals surface area contributed by atoms with E-state index < -0.39 is 0 Å². The van der Waals surface area contributed by atoms with Crippen LogP contribution < -0.4 is 5.73 Å². The Labute approximate surface area is 106 Å². The van der Waals surface area contributed by atoms with E-state index in [0.717, 1.165) is 35.7 Å². The van der Waals surface area contributed by atoms with Crippen molar-refractivity contribution in [1.82, 2.24) is 9.78 Å². The van der Waals surface area contributed by atoms with Crippen LogP contribution in [0.4, 0.5) is 5.69 Å². The van der Waals surface area contributed by atoms with Crippen LogP contribution in [-0.2, 0) is 6.54 Å². The first-order valence-electron chi connectivity index (χ1n) is 5.79. The molecule has 0 saturated carbocycles. The molecule has 2 N–H and O–H groups in total. The van der Waals surface area contributed by atoms with Crippen LogP contribution in [0.1, 0.15) is 19.8 Å². The van der Waals surface area contributed by atoms with Crippen molar-refractivity contribution in [2.24, 2.45) is 0 Å². The van der Waals surface area contributed by atoms with E-state index in [0.29, 0.717) is 5.69 Å². The van der Waals surface area contributed by atoms with Gasteiger partial charge in [0.25, 0.3) is 0 Å². The Balaban J connectivity index is 2.26. The average Bonchev–Trinajstić information content (AvgIpc) is 2.69. The molecule has 0 aliphatic rings. The molecular formula is C13H16ClN3. The summed E-state index contributed by atoms with van der Waals surface area (Å²) < 4.78 is 1.91. The summed E-state index contributed by atoms with van der Waals surface area (Å²) >= 11 is 5.86. The Morgan fingerprint density at radius 3 is 2.65 bits per heavy atom. The van der Waals surface area contributed by atoms with Crippen molar-refractivity contribution in [3.8, 4) is 11.3 Å². The van der Waals surface area contributed by atoms with Gasteiger partial charge in [-0.25, -0.2) is 0 Å². The maximum atomic E-state index is 5.97. The van der Waals surface area contributed by atoms with E-state index in [4.69, 9.17) is 17.3 Å². The Kier molecular flexibility index (Phi) is 3.69. The summed E-state index contributed by atoms with van der Waals surface area (Å²) in [6, 6.07) is 7.57. The summed E-state index contributed by atoms with van der Waals surface area (Å²) in [5, 5.41) is 5.22. The summed E-state index contributed by atoms with van der Waals surface area (Å²) in [6.45, 7) is 3.07. The highest BCUT2D eigenvalue weighted by Crippen LogP contribution is 2.25. The molecule has 0 unspecified atom stereocenters. The molecule has 0 radical (unpaired) electrons. The topological polar surface area (TPSA) is 43.8 Å². The number of rotatable bonds is 4. The van der Waals surface area contributed by atoms with E-state index in [1.54, 1.807) is 0 Å². The van der Waals surface area contributed by atoms with Gasteiger partial charge in [0.05, 0.1) is 5.69 Å². The molecule has 1 aromatic heterocycles. The van der Waals surface area contributed by atoms with Crippen molar-refractivity contribution < 1.29 is 0 Å². The smallest absolute Gasteiger partial charge is 0.115 e. The number of aromatic nitrogens is 2. The molecule has 2 rings (SSSR count). The van der Waals surface area contributed by atoms with Crippen molar-refractivity contribution in [2.75, 3.05) is 5.73 Å². The predicted molar refractivity (Wildman–Crippen MR) is 72.0 cm³/mol. The van der Waals surface area contributed by atoms with Crippen LogP contribution in [0.5, 0.6) is 0 Å². The lowest BCUT2D eigenvalue weighted by Gasteiger charge is -1.99. The van der Waals surface area contributed by atoms with Gasteiger partial charge in [-0.05, 0) is 18.6 Å². The molecule has 0 saturated heterocycles. The fourth-order valence-electron chi connectivity index (χ4n) is 1.70. The molecule has 90 valence electrons. The first-order chi connectivity index (χ1) is 8.20. The van der Waals surface area contributed by atoms with E-state index in [1.807, 2.05) is 35.1 Å². The first-order valence-corrected chi connectivity index (χ1v) is 6.17. The quantitative estimate of drug-likeness (QED) is 0.900. The monoisotopic (exact) mass is 249 g/mol. The molecular weight excluding hydrogens is 234 g/mol. The Morgan fingerprint density at radius 1 is 1.29 bits per heavy atom. The molecule has 0 aliphatic heterocycles. The van der Waals surface area contributed by atoms with Gasteiger partial charge >= 0.3 is 0 Å². The number of anilines is 1. The number of nitrogens with zero attached hydrogens (tertiary/aromatic N) is 2. The summed E-state index contributed by atoms with van der Waals surface area (Å²) in [5.41, 5.74) is 8.51. The van der Waals surface area contributed by atoms with Crippen LogP contribution in [0.3, 0.4) is 0 Å². The van der Waals surface area contributed by atoms with Crippen LogP contribution >= 0.6 is 11.6 Å². The summed E-state index contributed by atoms with van der Waals surface area (Å²) in [6.07, 6.45) is 4.15. The highest BCUT2D eigenvalue weighted by molar-refractivity contribution is 6.30. The van der Waals surface area contributed by atoms with Crippen molar-refractivity contribution in [3.63, 3.8) is 0 Å². The third-order valence-corrected chi connectivity index (χ3v) is 2.90. The van der Waals surface area contributed by atoms with Gasteiger partial charge < -0.3 is 5.73 Å². The highest BCUT2D eigenvalue weighted by Gasteiger charge is 2.08. The molecule has 0 bridgehead atoms. The number of halogens is 1.